The zero-order valence-corrected chi connectivity index (χ0v) is 9.02. The molecule has 0 bridgehead atoms. The second-order valence-corrected chi connectivity index (χ2v) is 5.83. The predicted octanol–water partition coefficient (Wildman–Crippen LogP) is 0.620. The molecule has 1 unspecified atom stereocenters. The van der Waals surface area contributed by atoms with E-state index in [2.05, 4.69) is 4.74 Å². The Labute approximate surface area is 86.5 Å². The zero-order valence-electron chi connectivity index (χ0n) is 8.20. The number of halogens is 2. The van der Waals surface area contributed by atoms with Gasteiger partial charge in [-0.1, -0.05) is 0 Å². The SMILES string of the molecule is COC(=O)CC1CS(=O)(=O)CCC1(F)F. The topological polar surface area (TPSA) is 60.4 Å². The first-order chi connectivity index (χ1) is 6.77. The van der Waals surface area contributed by atoms with E-state index in [0.29, 0.717) is 0 Å². The van der Waals surface area contributed by atoms with Crippen LogP contribution in [0.5, 0.6) is 0 Å². The second kappa shape index (κ2) is 4.03. The van der Waals surface area contributed by atoms with Crippen LogP contribution in [0.15, 0.2) is 0 Å². The van der Waals surface area contributed by atoms with Gasteiger partial charge in [-0.25, -0.2) is 17.2 Å². The van der Waals surface area contributed by atoms with E-state index in [4.69, 9.17) is 0 Å². The average molecular weight is 242 g/mol. The number of hydrogen-bond donors (Lipinski definition) is 0. The van der Waals surface area contributed by atoms with Crippen LogP contribution in [0.1, 0.15) is 12.8 Å². The van der Waals surface area contributed by atoms with Crippen LogP contribution in [-0.4, -0.2) is 38.9 Å². The number of esters is 1. The van der Waals surface area contributed by atoms with Crippen LogP contribution in [0.4, 0.5) is 8.78 Å². The van der Waals surface area contributed by atoms with E-state index in [0.717, 1.165) is 7.11 Å². The molecule has 4 nitrogen and oxygen atoms in total. The molecule has 0 aromatic carbocycles. The van der Waals surface area contributed by atoms with E-state index >= 15 is 0 Å². The van der Waals surface area contributed by atoms with Crippen molar-refractivity contribution in [3.63, 3.8) is 0 Å². The van der Waals surface area contributed by atoms with Crippen LogP contribution < -0.4 is 0 Å². The third-order valence-corrected chi connectivity index (χ3v) is 4.18. The number of methoxy groups -OCH3 is 1. The van der Waals surface area contributed by atoms with E-state index in [-0.39, 0.29) is 0 Å². The van der Waals surface area contributed by atoms with Gasteiger partial charge in [-0.15, -0.1) is 0 Å². The molecule has 7 heteroatoms. The number of hydrogen-bond acceptors (Lipinski definition) is 4. The summed E-state index contributed by atoms with van der Waals surface area (Å²) in [7, 11) is -2.36. The number of alkyl halides is 2. The predicted molar refractivity (Wildman–Crippen MR) is 48.3 cm³/mol. The van der Waals surface area contributed by atoms with E-state index in [1.165, 1.54) is 0 Å². The molecule has 1 saturated heterocycles. The van der Waals surface area contributed by atoms with Crippen molar-refractivity contribution in [2.24, 2.45) is 5.92 Å². The Morgan fingerprint density at radius 1 is 1.53 bits per heavy atom. The Hall–Kier alpha value is -0.720. The third kappa shape index (κ3) is 3.12. The Balaban J connectivity index is 2.77. The van der Waals surface area contributed by atoms with Gasteiger partial charge < -0.3 is 4.74 Å². The maximum Gasteiger partial charge on any atom is 0.306 e. The van der Waals surface area contributed by atoms with Gasteiger partial charge in [0.1, 0.15) is 0 Å². The van der Waals surface area contributed by atoms with E-state index < -0.39 is 52.0 Å². The van der Waals surface area contributed by atoms with Gasteiger partial charge in [-0.2, -0.15) is 0 Å². The molecular weight excluding hydrogens is 230 g/mol. The molecule has 1 aliphatic rings. The lowest BCUT2D eigenvalue weighted by molar-refractivity contribution is -0.146. The minimum Gasteiger partial charge on any atom is -0.469 e. The number of carbonyl (C=O) groups excluding carboxylic acids is 1. The molecule has 0 spiro atoms. The zero-order chi connectivity index (χ0) is 11.7. The van der Waals surface area contributed by atoms with Gasteiger partial charge in [-0.3, -0.25) is 4.79 Å². The van der Waals surface area contributed by atoms with Crippen LogP contribution >= 0.6 is 0 Å². The van der Waals surface area contributed by atoms with Crippen molar-refractivity contribution in [3.05, 3.63) is 0 Å². The summed E-state index contributed by atoms with van der Waals surface area (Å²) >= 11 is 0. The highest BCUT2D eigenvalue weighted by atomic mass is 32.2. The number of ether oxygens (including phenoxy) is 1. The Bertz CT molecular complexity index is 350. The highest BCUT2D eigenvalue weighted by Crippen LogP contribution is 2.36. The summed E-state index contributed by atoms with van der Waals surface area (Å²) in [5.74, 6) is -6.52. The summed E-state index contributed by atoms with van der Waals surface area (Å²) in [6.45, 7) is 0. The van der Waals surface area contributed by atoms with Crippen molar-refractivity contribution in [2.75, 3.05) is 18.6 Å². The van der Waals surface area contributed by atoms with Gasteiger partial charge in [0.25, 0.3) is 5.92 Å². The molecular formula is C8H12F2O4S. The summed E-state index contributed by atoms with van der Waals surface area (Å²) < 4.78 is 53.0. The Morgan fingerprint density at radius 3 is 2.67 bits per heavy atom. The average Bonchev–Trinajstić information content (AvgIpc) is 2.12. The number of carbonyl (C=O) groups is 1. The molecule has 0 aromatic heterocycles. The van der Waals surface area contributed by atoms with E-state index in [1.807, 2.05) is 0 Å². The van der Waals surface area contributed by atoms with Gasteiger partial charge in [0.15, 0.2) is 9.84 Å². The van der Waals surface area contributed by atoms with Crippen LogP contribution in [0.25, 0.3) is 0 Å². The summed E-state index contributed by atoms with van der Waals surface area (Å²) in [5.41, 5.74) is 0. The van der Waals surface area contributed by atoms with Crippen LogP contribution in [0, 0.1) is 5.92 Å². The largest absolute Gasteiger partial charge is 0.469 e. The third-order valence-electron chi connectivity index (χ3n) is 2.44. The lowest BCUT2D eigenvalue weighted by Gasteiger charge is -2.30. The highest BCUT2D eigenvalue weighted by Gasteiger charge is 2.47. The Morgan fingerprint density at radius 2 is 2.13 bits per heavy atom. The molecule has 0 saturated carbocycles. The van der Waals surface area contributed by atoms with Crippen molar-refractivity contribution in [2.45, 2.75) is 18.8 Å². The van der Waals surface area contributed by atoms with Crippen molar-refractivity contribution in [1.82, 2.24) is 0 Å². The maximum atomic E-state index is 13.2. The summed E-state index contributed by atoms with van der Waals surface area (Å²) in [4.78, 5) is 10.8. The number of sulfone groups is 1. The minimum absolute atomic E-state index is 0.516. The molecule has 0 amide bonds. The molecule has 1 fully saturated rings. The second-order valence-electron chi connectivity index (χ2n) is 3.60. The van der Waals surface area contributed by atoms with Crippen molar-refractivity contribution >= 4 is 15.8 Å². The minimum atomic E-state index is -3.44. The lowest BCUT2D eigenvalue weighted by atomic mass is 9.97. The first-order valence-electron chi connectivity index (χ1n) is 4.42. The van der Waals surface area contributed by atoms with Gasteiger partial charge in [0.05, 0.1) is 25.0 Å². The van der Waals surface area contributed by atoms with E-state index in [9.17, 15) is 22.0 Å². The fourth-order valence-corrected chi connectivity index (χ4v) is 3.22. The molecule has 0 radical (unpaired) electrons. The van der Waals surface area contributed by atoms with Gasteiger partial charge in [0, 0.05) is 12.3 Å². The Kier molecular flexibility index (Phi) is 3.32. The van der Waals surface area contributed by atoms with Crippen LogP contribution in [-0.2, 0) is 19.4 Å². The molecule has 1 aliphatic heterocycles. The molecule has 1 heterocycles. The standard InChI is InChI=1S/C8H12F2O4S/c1-14-7(11)4-6-5-15(12,13)3-2-8(6,9)10/h6H,2-5H2,1H3. The van der Waals surface area contributed by atoms with Crippen molar-refractivity contribution in [3.8, 4) is 0 Å². The highest BCUT2D eigenvalue weighted by molar-refractivity contribution is 7.91. The molecule has 88 valence electrons. The molecule has 0 aromatic rings. The van der Waals surface area contributed by atoms with Gasteiger partial charge in [-0.05, 0) is 0 Å². The molecule has 1 atom stereocenters. The quantitative estimate of drug-likeness (QED) is 0.666. The van der Waals surface area contributed by atoms with Gasteiger partial charge >= 0.3 is 5.97 Å². The summed E-state index contributed by atoms with van der Waals surface area (Å²) in [5, 5.41) is 0. The summed E-state index contributed by atoms with van der Waals surface area (Å²) in [6, 6.07) is 0. The lowest BCUT2D eigenvalue weighted by Crippen LogP contribution is -2.42. The summed E-state index contributed by atoms with van der Waals surface area (Å²) in [6.07, 6.45) is -1.26. The van der Waals surface area contributed by atoms with Crippen molar-refractivity contribution < 1.29 is 26.7 Å². The first-order valence-corrected chi connectivity index (χ1v) is 6.24. The fourth-order valence-electron chi connectivity index (χ4n) is 1.50. The molecule has 0 N–H and O–H groups in total. The fraction of sp³-hybridized carbons (Fsp3) is 0.875. The van der Waals surface area contributed by atoms with Crippen molar-refractivity contribution in [1.29, 1.82) is 0 Å². The van der Waals surface area contributed by atoms with Gasteiger partial charge in [0.2, 0.25) is 0 Å². The maximum absolute atomic E-state index is 13.2. The molecule has 0 aliphatic carbocycles. The number of rotatable bonds is 2. The molecule has 1 rings (SSSR count). The van der Waals surface area contributed by atoms with E-state index in [1.54, 1.807) is 0 Å². The molecule has 15 heavy (non-hydrogen) atoms. The smallest absolute Gasteiger partial charge is 0.306 e. The van der Waals surface area contributed by atoms with Crippen LogP contribution in [0.3, 0.4) is 0 Å². The first kappa shape index (κ1) is 12.4. The van der Waals surface area contributed by atoms with Crippen LogP contribution in [0.2, 0.25) is 0 Å². The monoisotopic (exact) mass is 242 g/mol. The normalized spacial score (nSPS) is 28.3.